The molecule has 0 N–H and O–H groups in total. The first-order valence-corrected chi connectivity index (χ1v) is 8.33. The minimum atomic E-state index is 0.898. The largest absolute Gasteiger partial charge is 0.317 e. The zero-order valence-corrected chi connectivity index (χ0v) is 12.9. The van der Waals surface area contributed by atoms with Gasteiger partial charge in [0.25, 0.3) is 0 Å². The van der Waals surface area contributed by atoms with E-state index < -0.39 is 0 Å². The van der Waals surface area contributed by atoms with Crippen LogP contribution in [-0.2, 0) is 0 Å². The summed E-state index contributed by atoms with van der Waals surface area (Å²) in [5.41, 5.74) is 3.94. The number of hydrogen-bond donors (Lipinski definition) is 0. The molecule has 1 aromatic carbocycles. The van der Waals surface area contributed by atoms with Gasteiger partial charge in [-0.05, 0) is 35.7 Å². The molecule has 0 unspecified atom stereocenters. The molecule has 100 valence electrons. The van der Waals surface area contributed by atoms with Crippen molar-refractivity contribution in [2.24, 2.45) is 4.99 Å². The molecule has 0 radical (unpaired) electrons. The molecule has 0 saturated heterocycles. The van der Waals surface area contributed by atoms with Gasteiger partial charge in [-0.2, -0.15) is 0 Å². The lowest BCUT2D eigenvalue weighted by Gasteiger charge is -2.18. The molecule has 2 nitrogen and oxygen atoms in total. The number of nitrogens with zero attached hydrogens (tertiary/aromatic N) is 2. The van der Waals surface area contributed by atoms with Crippen LogP contribution < -0.4 is 0 Å². The highest BCUT2D eigenvalue weighted by atomic mass is 32.2. The number of benzene rings is 1. The van der Waals surface area contributed by atoms with Gasteiger partial charge in [0.2, 0.25) is 0 Å². The second kappa shape index (κ2) is 4.50. The van der Waals surface area contributed by atoms with Gasteiger partial charge >= 0.3 is 0 Å². The molecule has 3 heterocycles. The molecule has 2 aliphatic rings. The quantitative estimate of drug-likeness (QED) is 0.812. The Labute approximate surface area is 126 Å². The Morgan fingerprint density at radius 1 is 1.35 bits per heavy atom. The van der Waals surface area contributed by atoms with Gasteiger partial charge in [-0.25, -0.2) is 0 Å². The topological polar surface area (TPSA) is 15.6 Å². The molecule has 2 aromatic rings. The van der Waals surface area contributed by atoms with E-state index in [4.69, 9.17) is 0 Å². The normalized spacial score (nSPS) is 17.9. The maximum Gasteiger partial charge on any atom is 0.168 e. The first kappa shape index (κ1) is 12.2. The zero-order valence-electron chi connectivity index (χ0n) is 11.2. The number of aryl methyl sites for hydroxylation is 1. The maximum absolute atomic E-state index is 4.58. The van der Waals surface area contributed by atoms with Crippen LogP contribution in [0.2, 0.25) is 0 Å². The molecule has 0 atom stereocenters. The summed E-state index contributed by atoms with van der Waals surface area (Å²) in [6, 6.07) is 6.69. The minimum absolute atomic E-state index is 0.898. The molecule has 4 heteroatoms. The van der Waals surface area contributed by atoms with Crippen LogP contribution in [-0.4, -0.2) is 23.2 Å². The Morgan fingerprint density at radius 2 is 2.25 bits per heavy atom. The van der Waals surface area contributed by atoms with Crippen LogP contribution in [0.5, 0.6) is 0 Å². The van der Waals surface area contributed by atoms with Crippen molar-refractivity contribution >= 4 is 44.0 Å². The smallest absolute Gasteiger partial charge is 0.168 e. The predicted molar refractivity (Wildman–Crippen MR) is 90.3 cm³/mol. The van der Waals surface area contributed by atoms with E-state index >= 15 is 0 Å². The fourth-order valence-electron chi connectivity index (χ4n) is 2.82. The average molecular weight is 298 g/mol. The average Bonchev–Trinajstić information content (AvgIpc) is 3.14. The molecule has 0 bridgehead atoms. The van der Waals surface area contributed by atoms with E-state index in [1.165, 1.54) is 31.8 Å². The van der Waals surface area contributed by atoms with Gasteiger partial charge in [0.15, 0.2) is 5.17 Å². The van der Waals surface area contributed by atoms with Gasteiger partial charge in [0, 0.05) is 27.1 Å². The molecular weight excluding hydrogens is 284 g/mol. The molecule has 0 amide bonds. The molecule has 1 aromatic heterocycles. The number of amidine groups is 1. The third-order valence-corrected chi connectivity index (χ3v) is 5.92. The summed E-state index contributed by atoms with van der Waals surface area (Å²) < 4.78 is 1.38. The van der Waals surface area contributed by atoms with Gasteiger partial charge in [-0.1, -0.05) is 24.8 Å². The predicted octanol–water partition coefficient (Wildman–Crippen LogP) is 4.48. The van der Waals surface area contributed by atoms with Gasteiger partial charge < -0.3 is 4.90 Å². The van der Waals surface area contributed by atoms with E-state index in [1.807, 2.05) is 17.4 Å². The molecule has 0 spiro atoms. The number of fused-ring (bicyclic) bond motifs is 2. The highest BCUT2D eigenvalue weighted by molar-refractivity contribution is 8.17. The number of thiophene rings is 1. The lowest BCUT2D eigenvalue weighted by molar-refractivity contribution is 0.649. The fraction of sp³-hybridized carbons (Fsp3) is 0.188. The van der Waals surface area contributed by atoms with Crippen LogP contribution in [0, 0.1) is 6.92 Å². The molecule has 2 aliphatic heterocycles. The highest BCUT2D eigenvalue weighted by Crippen LogP contribution is 2.44. The third kappa shape index (κ3) is 1.61. The zero-order chi connectivity index (χ0) is 13.7. The van der Waals surface area contributed by atoms with Crippen molar-refractivity contribution in [1.82, 2.24) is 4.90 Å². The van der Waals surface area contributed by atoms with Crippen LogP contribution in [0.3, 0.4) is 0 Å². The fourth-order valence-corrected chi connectivity index (χ4v) is 4.77. The summed E-state index contributed by atoms with van der Waals surface area (Å²) >= 11 is 3.56. The van der Waals surface area contributed by atoms with Gasteiger partial charge in [-0.15, -0.1) is 11.3 Å². The summed E-state index contributed by atoms with van der Waals surface area (Å²) in [5.74, 6) is 0. The van der Waals surface area contributed by atoms with Crippen LogP contribution >= 0.6 is 23.1 Å². The minimum Gasteiger partial charge on any atom is -0.317 e. The third-order valence-electron chi connectivity index (χ3n) is 3.76. The summed E-state index contributed by atoms with van der Waals surface area (Å²) in [7, 11) is 0. The van der Waals surface area contributed by atoms with Gasteiger partial charge in [0.1, 0.15) is 0 Å². The van der Waals surface area contributed by atoms with Crippen molar-refractivity contribution in [3.05, 3.63) is 52.3 Å². The van der Waals surface area contributed by atoms with Crippen LogP contribution in [0.1, 0.15) is 11.1 Å². The molecule has 0 aliphatic carbocycles. The van der Waals surface area contributed by atoms with E-state index in [0.29, 0.717) is 0 Å². The van der Waals surface area contributed by atoms with Gasteiger partial charge in [0.05, 0.1) is 12.2 Å². The number of allylic oxidation sites excluding steroid dienone is 1. The standard InChI is InChI=1S/C16H14N2S2/c1-3-13-14(18-8-7-17-16(18)20-13)11-5-4-10(2)15-12(11)6-9-19-15/h3-6,9H,1,7-8H2,2H3. The SMILES string of the molecule is C=CC1=C(c2ccc(C)c3sccc23)N2CCN=C2S1. The number of hydrogen-bond acceptors (Lipinski definition) is 4. The van der Waals surface area contributed by atoms with E-state index in [0.717, 1.165) is 18.3 Å². The van der Waals surface area contributed by atoms with Crippen LogP contribution in [0.4, 0.5) is 0 Å². The molecular formula is C16H14N2S2. The number of rotatable bonds is 2. The van der Waals surface area contributed by atoms with Crippen molar-refractivity contribution in [3.8, 4) is 0 Å². The van der Waals surface area contributed by atoms with Crippen LogP contribution in [0.25, 0.3) is 15.8 Å². The molecule has 0 saturated carbocycles. The molecule has 4 rings (SSSR count). The van der Waals surface area contributed by atoms with Crippen molar-refractivity contribution in [2.45, 2.75) is 6.92 Å². The van der Waals surface area contributed by atoms with E-state index in [9.17, 15) is 0 Å². The molecule has 0 fully saturated rings. The Morgan fingerprint density at radius 3 is 3.10 bits per heavy atom. The Hall–Kier alpha value is -1.52. The first-order valence-electron chi connectivity index (χ1n) is 6.63. The number of thioether (sulfide) groups is 1. The van der Waals surface area contributed by atoms with E-state index in [1.54, 1.807) is 11.8 Å². The maximum atomic E-state index is 4.58. The van der Waals surface area contributed by atoms with Crippen LogP contribution in [0.15, 0.2) is 46.1 Å². The second-order valence-corrected chi connectivity index (χ2v) is 6.85. The Bertz CT molecular complexity index is 783. The first-order chi connectivity index (χ1) is 9.79. The summed E-state index contributed by atoms with van der Waals surface area (Å²) in [4.78, 5) is 8.13. The summed E-state index contributed by atoms with van der Waals surface area (Å²) in [5, 5.41) is 4.65. The lowest BCUT2D eigenvalue weighted by atomic mass is 10.0. The van der Waals surface area contributed by atoms with Gasteiger partial charge in [-0.3, -0.25) is 4.99 Å². The summed E-state index contributed by atoms with van der Waals surface area (Å²) in [6.07, 6.45) is 1.96. The van der Waals surface area contributed by atoms with Crippen molar-refractivity contribution in [1.29, 1.82) is 0 Å². The second-order valence-electron chi connectivity index (χ2n) is 4.93. The van der Waals surface area contributed by atoms with E-state index in [2.05, 4.69) is 47.0 Å². The Balaban J connectivity index is 1.98. The molecule has 20 heavy (non-hydrogen) atoms. The van der Waals surface area contributed by atoms with Crippen molar-refractivity contribution < 1.29 is 0 Å². The van der Waals surface area contributed by atoms with E-state index in [-0.39, 0.29) is 0 Å². The summed E-state index contributed by atoms with van der Waals surface area (Å²) in [6.45, 7) is 8.03. The number of aliphatic imine (C=N–C) groups is 1. The Kier molecular flexibility index (Phi) is 2.75. The lowest BCUT2D eigenvalue weighted by Crippen LogP contribution is -2.20. The van der Waals surface area contributed by atoms with Crippen molar-refractivity contribution in [2.75, 3.05) is 13.1 Å². The highest BCUT2D eigenvalue weighted by Gasteiger charge is 2.32. The monoisotopic (exact) mass is 298 g/mol. The van der Waals surface area contributed by atoms with Crippen molar-refractivity contribution in [3.63, 3.8) is 0 Å².